The van der Waals surface area contributed by atoms with E-state index in [4.69, 9.17) is 0 Å². The predicted molar refractivity (Wildman–Crippen MR) is 69.7 cm³/mol. The minimum Gasteiger partial charge on any atom is -1.00 e. The van der Waals surface area contributed by atoms with Gasteiger partial charge in [0.1, 0.15) is 4.32 Å². The van der Waals surface area contributed by atoms with Crippen LogP contribution >= 0.6 is 15.9 Å². The Morgan fingerprint density at radius 1 is 1.12 bits per heavy atom. The van der Waals surface area contributed by atoms with E-state index in [0.717, 1.165) is 23.7 Å². The summed E-state index contributed by atoms with van der Waals surface area (Å²) in [5.74, 6) is 5.06. The molecule has 4 saturated carbocycles. The lowest BCUT2D eigenvalue weighted by molar-refractivity contribution is -0.426. The summed E-state index contributed by atoms with van der Waals surface area (Å²) in [4.78, 5) is 3.38. The Labute approximate surface area is 119 Å². The molecule has 17 heavy (non-hydrogen) atoms. The zero-order valence-electron chi connectivity index (χ0n) is 10.6. The standard InChI is InChI=1S/C13H21BrN2.ClH/c1-15-12(16-2)13(14)10-4-8-3-9(6-10)7-11(13)5-8;/h8-11H,3-7H2,1-2H3,(H,15,16);1H. The highest BCUT2D eigenvalue weighted by atomic mass is 79.9. The van der Waals surface area contributed by atoms with Crippen LogP contribution in [0.4, 0.5) is 0 Å². The van der Waals surface area contributed by atoms with Gasteiger partial charge in [0.2, 0.25) is 0 Å². The smallest absolute Gasteiger partial charge is 0.259 e. The van der Waals surface area contributed by atoms with Gasteiger partial charge < -0.3 is 12.4 Å². The van der Waals surface area contributed by atoms with Crippen LogP contribution in [0.25, 0.3) is 0 Å². The Hall–Kier alpha value is 0.240. The largest absolute Gasteiger partial charge is 1.00 e. The van der Waals surface area contributed by atoms with Crippen molar-refractivity contribution >= 4 is 21.8 Å². The zero-order chi connectivity index (χ0) is 11.3. The molecule has 4 aliphatic carbocycles. The van der Waals surface area contributed by atoms with Crippen LogP contribution in [0.15, 0.2) is 0 Å². The monoisotopic (exact) mass is 320 g/mol. The summed E-state index contributed by atoms with van der Waals surface area (Å²) in [7, 11) is 4.08. The van der Waals surface area contributed by atoms with Crippen molar-refractivity contribution in [1.29, 1.82) is 0 Å². The molecule has 2 nitrogen and oxygen atoms in total. The molecule has 0 amide bonds. The number of alkyl halides is 1. The van der Waals surface area contributed by atoms with E-state index in [0.29, 0.717) is 0 Å². The first-order chi connectivity index (χ1) is 7.68. The van der Waals surface area contributed by atoms with E-state index in [9.17, 15) is 0 Å². The highest BCUT2D eigenvalue weighted by Crippen LogP contribution is 2.61. The summed E-state index contributed by atoms with van der Waals surface area (Å²) >= 11 is 4.11. The Bertz CT molecular complexity index is 301. The van der Waals surface area contributed by atoms with Crippen LogP contribution in [0.3, 0.4) is 0 Å². The van der Waals surface area contributed by atoms with Gasteiger partial charge in [0.15, 0.2) is 0 Å². The zero-order valence-corrected chi connectivity index (χ0v) is 12.9. The Morgan fingerprint density at radius 2 is 1.59 bits per heavy atom. The fraction of sp³-hybridized carbons (Fsp3) is 0.923. The Morgan fingerprint density at radius 3 is 1.94 bits per heavy atom. The number of amidine groups is 1. The summed E-state index contributed by atoms with van der Waals surface area (Å²) in [6.07, 6.45) is 7.26. The topological polar surface area (TPSA) is 26.0 Å². The van der Waals surface area contributed by atoms with Gasteiger partial charge in [-0.1, -0.05) is 15.9 Å². The highest BCUT2D eigenvalue weighted by Gasteiger charge is 2.60. The molecule has 0 heterocycles. The minimum atomic E-state index is 0. The average Bonchev–Trinajstić information content (AvgIpc) is 2.26. The molecule has 0 unspecified atom stereocenters. The minimum absolute atomic E-state index is 0. The molecule has 98 valence electrons. The summed E-state index contributed by atoms with van der Waals surface area (Å²) < 4.78 is 0.226. The summed E-state index contributed by atoms with van der Waals surface area (Å²) in [6.45, 7) is 0. The van der Waals surface area contributed by atoms with E-state index in [-0.39, 0.29) is 16.7 Å². The highest BCUT2D eigenvalue weighted by molar-refractivity contribution is 9.10. The van der Waals surface area contributed by atoms with Crippen molar-refractivity contribution in [3.8, 4) is 0 Å². The third kappa shape index (κ3) is 1.85. The molecule has 4 rings (SSSR count). The third-order valence-corrected chi connectivity index (χ3v) is 6.90. The van der Waals surface area contributed by atoms with Crippen molar-refractivity contribution in [2.24, 2.45) is 23.7 Å². The van der Waals surface area contributed by atoms with Crippen LogP contribution in [-0.4, -0.2) is 24.3 Å². The van der Waals surface area contributed by atoms with E-state index in [1.54, 1.807) is 0 Å². The van der Waals surface area contributed by atoms with Gasteiger partial charge in [-0.15, -0.1) is 0 Å². The van der Waals surface area contributed by atoms with Crippen molar-refractivity contribution in [1.82, 2.24) is 5.32 Å². The third-order valence-electron chi connectivity index (χ3n) is 5.21. The fourth-order valence-corrected chi connectivity index (χ4v) is 5.93. The normalized spacial score (nSPS) is 47.8. The molecule has 0 aromatic carbocycles. The van der Waals surface area contributed by atoms with Crippen LogP contribution in [-0.2, 0) is 0 Å². The Kier molecular flexibility index (Phi) is 3.80. The second kappa shape index (κ2) is 4.73. The van der Waals surface area contributed by atoms with Gasteiger partial charge >= 0.3 is 0 Å². The van der Waals surface area contributed by atoms with Crippen LogP contribution in [0.2, 0.25) is 0 Å². The van der Waals surface area contributed by atoms with Crippen molar-refractivity contribution < 1.29 is 17.4 Å². The lowest BCUT2D eigenvalue weighted by Gasteiger charge is -2.57. The molecule has 0 aliphatic heterocycles. The van der Waals surface area contributed by atoms with Gasteiger partial charge in [-0.25, -0.2) is 0 Å². The quantitative estimate of drug-likeness (QED) is 0.323. The first-order valence-corrected chi connectivity index (χ1v) is 7.39. The fourth-order valence-electron chi connectivity index (χ4n) is 4.79. The maximum atomic E-state index is 4.11. The molecule has 0 aromatic rings. The van der Waals surface area contributed by atoms with Crippen LogP contribution < -0.4 is 22.7 Å². The number of hydrogen-bond acceptors (Lipinski definition) is 0. The van der Waals surface area contributed by atoms with Crippen molar-refractivity contribution in [2.45, 2.75) is 36.4 Å². The predicted octanol–water partition coefficient (Wildman–Crippen LogP) is -2.09. The maximum Gasteiger partial charge on any atom is 0.259 e. The molecule has 2 N–H and O–H groups in total. The molecule has 0 aromatic heterocycles. The molecule has 0 saturated heterocycles. The van der Waals surface area contributed by atoms with E-state index in [2.05, 4.69) is 26.2 Å². The van der Waals surface area contributed by atoms with Crippen molar-refractivity contribution in [2.75, 3.05) is 14.1 Å². The Balaban J connectivity index is 0.00000108. The molecule has 0 atom stereocenters. The molecular weight excluding hydrogens is 300 g/mol. The van der Waals surface area contributed by atoms with Gasteiger partial charge in [-0.3, -0.25) is 10.3 Å². The number of hydrogen-bond donors (Lipinski definition) is 2. The SMILES string of the molecule is CNC(=[NH+]C)C1(Br)C2CC3CC(C2)CC1C3.[Cl-]. The van der Waals surface area contributed by atoms with Crippen molar-refractivity contribution in [3.63, 3.8) is 0 Å². The first kappa shape index (κ1) is 13.7. The van der Waals surface area contributed by atoms with Gasteiger partial charge in [0.05, 0.1) is 14.1 Å². The molecule has 4 bridgehead atoms. The number of rotatable bonds is 1. The van der Waals surface area contributed by atoms with Gasteiger partial charge in [0.25, 0.3) is 5.84 Å². The van der Waals surface area contributed by atoms with Crippen LogP contribution in [0.5, 0.6) is 0 Å². The molecule has 4 fully saturated rings. The maximum absolute atomic E-state index is 4.11. The van der Waals surface area contributed by atoms with E-state index < -0.39 is 0 Å². The van der Waals surface area contributed by atoms with Gasteiger partial charge in [-0.05, 0) is 55.8 Å². The van der Waals surface area contributed by atoms with Gasteiger partial charge in [0, 0.05) is 0 Å². The molecule has 4 heteroatoms. The first-order valence-electron chi connectivity index (χ1n) is 6.60. The van der Waals surface area contributed by atoms with Gasteiger partial charge in [-0.2, -0.15) is 0 Å². The average molecular weight is 322 g/mol. The number of halogens is 2. The molecular formula is C13H22BrClN2. The lowest BCUT2D eigenvalue weighted by Crippen LogP contribution is -3.00. The summed E-state index contributed by atoms with van der Waals surface area (Å²) in [6, 6.07) is 0. The van der Waals surface area contributed by atoms with E-state index in [1.807, 2.05) is 14.1 Å². The van der Waals surface area contributed by atoms with E-state index in [1.165, 1.54) is 37.9 Å². The lowest BCUT2D eigenvalue weighted by atomic mass is 9.51. The van der Waals surface area contributed by atoms with Crippen LogP contribution in [0, 0.1) is 23.7 Å². The van der Waals surface area contributed by atoms with E-state index >= 15 is 0 Å². The number of nitrogens with one attached hydrogen (secondary N) is 2. The van der Waals surface area contributed by atoms with Crippen LogP contribution in [0.1, 0.15) is 32.1 Å². The second-order valence-corrected chi connectivity index (χ2v) is 7.26. The summed E-state index contributed by atoms with van der Waals surface area (Å²) in [5.41, 5.74) is 0. The molecule has 4 aliphatic rings. The summed E-state index contributed by atoms with van der Waals surface area (Å²) in [5, 5.41) is 3.38. The molecule has 0 spiro atoms. The van der Waals surface area contributed by atoms with Crippen molar-refractivity contribution in [3.05, 3.63) is 0 Å². The second-order valence-electron chi connectivity index (χ2n) is 5.95. The molecule has 0 radical (unpaired) electrons.